The second-order valence-electron chi connectivity index (χ2n) is 5.36. The summed E-state index contributed by atoms with van der Waals surface area (Å²) in [5, 5.41) is 8.60. The first-order valence-corrected chi connectivity index (χ1v) is 6.91. The van der Waals surface area contributed by atoms with E-state index in [0.717, 1.165) is 22.9 Å². The molecular formula is C11H15N3OS. The third kappa shape index (κ3) is 1.38. The Labute approximate surface area is 98.6 Å². The molecule has 3 saturated heterocycles. The van der Waals surface area contributed by atoms with Crippen molar-refractivity contribution in [3.63, 3.8) is 0 Å². The number of rotatable bonds is 2. The maximum atomic E-state index is 6.05. The van der Waals surface area contributed by atoms with E-state index >= 15 is 0 Å². The molecule has 5 heteroatoms. The van der Waals surface area contributed by atoms with E-state index in [1.165, 1.54) is 43.8 Å². The van der Waals surface area contributed by atoms with Crippen molar-refractivity contribution >= 4 is 11.3 Å². The summed E-state index contributed by atoms with van der Waals surface area (Å²) >= 11 is 1.51. The Bertz CT molecular complexity index is 353. The summed E-state index contributed by atoms with van der Waals surface area (Å²) in [6.07, 6.45) is 3.12. The van der Waals surface area contributed by atoms with Crippen LogP contribution in [0.4, 0.5) is 0 Å². The molecule has 4 aliphatic rings. The average Bonchev–Trinajstić information content (AvgIpc) is 2.75. The monoisotopic (exact) mass is 237 g/mol. The smallest absolute Gasteiger partial charge is 0.294 e. The molecule has 5 rings (SSSR count). The predicted molar refractivity (Wildman–Crippen MR) is 60.5 cm³/mol. The molecule has 1 aliphatic carbocycles. The minimum Gasteiger partial charge on any atom is -0.465 e. The molecule has 0 spiro atoms. The zero-order chi connectivity index (χ0) is 10.5. The molecule has 1 aromatic rings. The van der Waals surface area contributed by atoms with Gasteiger partial charge in [-0.15, -0.1) is 10.2 Å². The van der Waals surface area contributed by atoms with Crippen molar-refractivity contribution in [1.82, 2.24) is 15.1 Å². The molecule has 1 aromatic heterocycles. The zero-order valence-corrected chi connectivity index (χ0v) is 9.90. The van der Waals surface area contributed by atoms with E-state index in [2.05, 4.69) is 15.1 Å². The number of piperidine rings is 3. The first kappa shape index (κ1) is 9.36. The van der Waals surface area contributed by atoms with E-state index in [-0.39, 0.29) is 0 Å². The molecule has 16 heavy (non-hydrogen) atoms. The maximum Gasteiger partial charge on any atom is 0.294 e. The van der Waals surface area contributed by atoms with Crippen LogP contribution in [0, 0.1) is 17.8 Å². The summed E-state index contributed by atoms with van der Waals surface area (Å²) in [4.78, 5) is 2.62. The van der Waals surface area contributed by atoms with E-state index in [9.17, 15) is 0 Å². The lowest BCUT2D eigenvalue weighted by Gasteiger charge is -2.54. The van der Waals surface area contributed by atoms with Gasteiger partial charge in [0.15, 0.2) is 0 Å². The number of aromatic nitrogens is 2. The minimum absolute atomic E-state index is 0.403. The van der Waals surface area contributed by atoms with Crippen LogP contribution in [0.5, 0.6) is 5.19 Å². The SMILES string of the molecule is c1nnc(OC2C3CC4CC2CN(C4)C3)s1. The first-order chi connectivity index (χ1) is 7.88. The van der Waals surface area contributed by atoms with Gasteiger partial charge in [0.2, 0.25) is 0 Å². The highest BCUT2D eigenvalue weighted by Crippen LogP contribution is 2.44. The molecule has 0 radical (unpaired) electrons. The van der Waals surface area contributed by atoms with Gasteiger partial charge in [-0.2, -0.15) is 0 Å². The zero-order valence-electron chi connectivity index (χ0n) is 9.08. The van der Waals surface area contributed by atoms with E-state index in [1.54, 1.807) is 5.51 Å². The van der Waals surface area contributed by atoms with Crippen LogP contribution in [0.2, 0.25) is 0 Å². The molecule has 0 amide bonds. The van der Waals surface area contributed by atoms with E-state index in [1.807, 2.05) is 0 Å². The van der Waals surface area contributed by atoms with Crippen LogP contribution < -0.4 is 4.74 Å². The maximum absolute atomic E-state index is 6.05. The number of nitrogens with zero attached hydrogens (tertiary/aromatic N) is 3. The lowest BCUT2D eigenvalue weighted by molar-refractivity contribution is -0.0986. The van der Waals surface area contributed by atoms with Crippen molar-refractivity contribution in [3.05, 3.63) is 5.51 Å². The molecular weight excluding hydrogens is 222 g/mol. The summed E-state index contributed by atoms with van der Waals surface area (Å²) < 4.78 is 6.05. The topological polar surface area (TPSA) is 38.3 Å². The van der Waals surface area contributed by atoms with Gasteiger partial charge < -0.3 is 9.64 Å². The molecule has 0 N–H and O–H groups in total. The van der Waals surface area contributed by atoms with Gasteiger partial charge in [0.25, 0.3) is 5.19 Å². The summed E-state index contributed by atoms with van der Waals surface area (Å²) in [6, 6.07) is 0. The molecule has 4 heterocycles. The quantitative estimate of drug-likeness (QED) is 0.776. The molecule has 86 valence electrons. The highest BCUT2D eigenvalue weighted by atomic mass is 32.1. The Kier molecular flexibility index (Phi) is 1.99. The average molecular weight is 237 g/mol. The highest BCUT2D eigenvalue weighted by Gasteiger charge is 2.48. The van der Waals surface area contributed by atoms with Crippen molar-refractivity contribution in [2.24, 2.45) is 17.8 Å². The van der Waals surface area contributed by atoms with E-state index < -0.39 is 0 Å². The molecule has 4 nitrogen and oxygen atoms in total. The van der Waals surface area contributed by atoms with Crippen LogP contribution in [0.1, 0.15) is 12.8 Å². The number of ether oxygens (including phenoxy) is 1. The van der Waals surface area contributed by atoms with Crippen molar-refractivity contribution in [3.8, 4) is 5.19 Å². The Morgan fingerprint density at radius 1 is 1.25 bits per heavy atom. The lowest BCUT2D eigenvalue weighted by atomic mass is 9.66. The number of hydrogen-bond donors (Lipinski definition) is 0. The van der Waals surface area contributed by atoms with Crippen molar-refractivity contribution in [1.29, 1.82) is 0 Å². The summed E-state index contributed by atoms with van der Waals surface area (Å²) in [7, 11) is 0. The van der Waals surface area contributed by atoms with Crippen molar-refractivity contribution in [2.75, 3.05) is 19.6 Å². The van der Waals surface area contributed by atoms with Crippen molar-refractivity contribution in [2.45, 2.75) is 18.9 Å². The number of hydrogen-bond acceptors (Lipinski definition) is 5. The van der Waals surface area contributed by atoms with Crippen LogP contribution in [0.3, 0.4) is 0 Å². The molecule has 0 aromatic carbocycles. The first-order valence-electron chi connectivity index (χ1n) is 6.03. The Hall–Kier alpha value is -0.680. The normalized spacial score (nSPS) is 44.9. The van der Waals surface area contributed by atoms with Gasteiger partial charge in [0.1, 0.15) is 11.6 Å². The molecule has 2 atom stereocenters. The fourth-order valence-electron chi connectivity index (χ4n) is 3.89. The fraction of sp³-hybridized carbons (Fsp3) is 0.818. The standard InChI is InChI=1S/C11H15N3OS/c1-7-2-9-5-14(3-7)4-8(1)10(9)15-11-13-12-6-16-11/h6-10H,1-5H2. The summed E-state index contributed by atoms with van der Waals surface area (Å²) in [5.74, 6) is 2.40. The van der Waals surface area contributed by atoms with Crippen LogP contribution in [0.25, 0.3) is 0 Å². The van der Waals surface area contributed by atoms with Crippen molar-refractivity contribution < 1.29 is 4.74 Å². The van der Waals surface area contributed by atoms with Gasteiger partial charge in [-0.25, -0.2) is 0 Å². The molecule has 1 saturated carbocycles. The molecule has 4 bridgehead atoms. The van der Waals surface area contributed by atoms with Crippen LogP contribution in [0.15, 0.2) is 5.51 Å². The third-order valence-electron chi connectivity index (χ3n) is 4.28. The van der Waals surface area contributed by atoms with Gasteiger partial charge in [0.05, 0.1) is 0 Å². The van der Waals surface area contributed by atoms with Gasteiger partial charge in [-0.3, -0.25) is 0 Å². The second kappa shape index (κ2) is 3.40. The molecule has 3 aliphatic heterocycles. The van der Waals surface area contributed by atoms with Gasteiger partial charge in [0, 0.05) is 31.5 Å². The van der Waals surface area contributed by atoms with Crippen LogP contribution in [-0.4, -0.2) is 40.8 Å². The van der Waals surface area contributed by atoms with Gasteiger partial charge in [-0.1, -0.05) is 11.3 Å². The minimum atomic E-state index is 0.403. The Morgan fingerprint density at radius 2 is 2.06 bits per heavy atom. The van der Waals surface area contributed by atoms with E-state index in [4.69, 9.17) is 4.74 Å². The Balaban J connectivity index is 1.56. The predicted octanol–water partition coefficient (Wildman–Crippen LogP) is 1.26. The molecule has 4 fully saturated rings. The molecule has 2 unspecified atom stereocenters. The lowest BCUT2D eigenvalue weighted by Crippen LogP contribution is -2.61. The van der Waals surface area contributed by atoms with Crippen LogP contribution in [-0.2, 0) is 0 Å². The van der Waals surface area contributed by atoms with E-state index in [0.29, 0.717) is 6.10 Å². The largest absolute Gasteiger partial charge is 0.465 e. The van der Waals surface area contributed by atoms with Gasteiger partial charge in [-0.05, 0) is 18.8 Å². The van der Waals surface area contributed by atoms with Crippen LogP contribution >= 0.6 is 11.3 Å². The fourth-order valence-corrected chi connectivity index (χ4v) is 4.33. The summed E-state index contributed by atoms with van der Waals surface area (Å²) in [5.41, 5.74) is 1.74. The second-order valence-corrected chi connectivity index (χ2v) is 6.16. The Morgan fingerprint density at radius 3 is 2.69 bits per heavy atom. The third-order valence-corrected chi connectivity index (χ3v) is 4.86. The highest BCUT2D eigenvalue weighted by molar-refractivity contribution is 7.11. The van der Waals surface area contributed by atoms with Gasteiger partial charge >= 0.3 is 0 Å². The summed E-state index contributed by atoms with van der Waals surface area (Å²) in [6.45, 7) is 3.80.